The first-order valence-corrected chi connectivity index (χ1v) is 10.2. The highest BCUT2D eigenvalue weighted by Crippen LogP contribution is 2.49. The van der Waals surface area contributed by atoms with E-state index in [0.29, 0.717) is 24.2 Å². The van der Waals surface area contributed by atoms with Crippen molar-refractivity contribution in [3.05, 3.63) is 47.6 Å². The summed E-state index contributed by atoms with van der Waals surface area (Å²) < 4.78 is 11.4. The summed E-state index contributed by atoms with van der Waals surface area (Å²) in [5.41, 5.74) is 0.209. The Balaban J connectivity index is 1.53. The Morgan fingerprint density at radius 3 is 2.61 bits per heavy atom. The number of rotatable bonds is 4. The summed E-state index contributed by atoms with van der Waals surface area (Å²) >= 11 is 0. The Morgan fingerprint density at radius 2 is 1.93 bits per heavy atom. The first-order valence-electron chi connectivity index (χ1n) is 10.2. The minimum absolute atomic E-state index is 0.277. The minimum Gasteiger partial charge on any atom is -0.444 e. The molecule has 150 valence electrons. The van der Waals surface area contributed by atoms with Crippen LogP contribution in [0.25, 0.3) is 0 Å². The predicted molar refractivity (Wildman–Crippen MR) is 105 cm³/mol. The molecule has 0 N–H and O–H groups in total. The molecule has 0 spiro atoms. The molecule has 2 aliphatic heterocycles. The number of hydrogen-bond donors (Lipinski definition) is 0. The zero-order chi connectivity index (χ0) is 19.8. The number of nitrogens with zero attached hydrogens (tertiary/aromatic N) is 3. The fourth-order valence-electron chi connectivity index (χ4n) is 4.38. The molecule has 2 aromatic rings. The zero-order valence-electron chi connectivity index (χ0n) is 17.0. The van der Waals surface area contributed by atoms with E-state index in [1.165, 1.54) is 5.56 Å². The number of piperidine rings is 2. The lowest BCUT2D eigenvalue weighted by Crippen LogP contribution is -2.59. The molecule has 1 aromatic carbocycles. The Kier molecular flexibility index (Phi) is 4.89. The van der Waals surface area contributed by atoms with Crippen LogP contribution in [0.4, 0.5) is 4.79 Å². The van der Waals surface area contributed by atoms with E-state index < -0.39 is 11.1 Å². The van der Waals surface area contributed by atoms with E-state index in [4.69, 9.17) is 14.2 Å². The Labute approximate surface area is 166 Å². The molecule has 0 unspecified atom stereocenters. The molecular formula is C22H29N3O3. The molecule has 2 saturated heterocycles. The molecule has 6 heteroatoms. The summed E-state index contributed by atoms with van der Waals surface area (Å²) in [4.78, 5) is 19.5. The molecule has 3 fully saturated rings. The van der Waals surface area contributed by atoms with Crippen LogP contribution in [0.15, 0.2) is 34.9 Å². The third-order valence-corrected chi connectivity index (χ3v) is 5.85. The van der Waals surface area contributed by atoms with Crippen molar-refractivity contribution >= 4 is 6.09 Å². The SMILES string of the molecule is CC(C)(C)OC(=O)N1CC2CCC1(c1nc(CCc3ccccc3)no1)CC2. The number of aryl methyl sites for hydroxylation is 2. The summed E-state index contributed by atoms with van der Waals surface area (Å²) in [6.45, 7) is 6.40. The van der Waals surface area contributed by atoms with Gasteiger partial charge in [-0.25, -0.2) is 4.79 Å². The van der Waals surface area contributed by atoms with Crippen molar-refractivity contribution in [2.24, 2.45) is 5.92 Å². The molecule has 6 nitrogen and oxygen atoms in total. The van der Waals surface area contributed by atoms with Crippen LogP contribution in [0.3, 0.4) is 0 Å². The number of carbonyl (C=O) groups is 1. The Morgan fingerprint density at radius 1 is 1.21 bits per heavy atom. The van der Waals surface area contributed by atoms with Crippen LogP contribution in [-0.4, -0.2) is 33.3 Å². The number of fused-ring (bicyclic) bond motifs is 3. The van der Waals surface area contributed by atoms with E-state index in [9.17, 15) is 4.79 Å². The lowest BCUT2D eigenvalue weighted by atomic mass is 9.70. The second-order valence-corrected chi connectivity index (χ2v) is 9.07. The van der Waals surface area contributed by atoms with Crippen molar-refractivity contribution in [1.82, 2.24) is 15.0 Å². The largest absolute Gasteiger partial charge is 0.444 e. The third kappa shape index (κ3) is 3.77. The van der Waals surface area contributed by atoms with E-state index in [2.05, 4.69) is 17.3 Å². The summed E-state index contributed by atoms with van der Waals surface area (Å²) in [7, 11) is 0. The summed E-state index contributed by atoms with van der Waals surface area (Å²) in [6, 6.07) is 10.3. The maximum absolute atomic E-state index is 12.9. The van der Waals surface area contributed by atoms with Crippen molar-refractivity contribution in [3.63, 3.8) is 0 Å². The predicted octanol–water partition coefficient (Wildman–Crippen LogP) is 4.49. The first kappa shape index (κ1) is 19.0. The van der Waals surface area contributed by atoms with Crippen LogP contribution in [0.1, 0.15) is 63.7 Å². The highest BCUT2D eigenvalue weighted by atomic mass is 16.6. The summed E-state index contributed by atoms with van der Waals surface area (Å²) in [5.74, 6) is 1.81. The topological polar surface area (TPSA) is 68.5 Å². The minimum atomic E-state index is -0.523. The van der Waals surface area contributed by atoms with E-state index >= 15 is 0 Å². The van der Waals surface area contributed by atoms with E-state index in [-0.39, 0.29) is 6.09 Å². The number of benzene rings is 1. The number of carbonyl (C=O) groups excluding carboxylic acids is 1. The maximum atomic E-state index is 12.9. The highest BCUT2D eigenvalue weighted by molar-refractivity contribution is 5.70. The second-order valence-electron chi connectivity index (χ2n) is 9.07. The van der Waals surface area contributed by atoms with Crippen molar-refractivity contribution in [3.8, 4) is 0 Å². The molecule has 3 aliphatic rings. The van der Waals surface area contributed by atoms with Crippen molar-refractivity contribution in [2.75, 3.05) is 6.54 Å². The maximum Gasteiger partial charge on any atom is 0.411 e. The van der Waals surface area contributed by atoms with Crippen LogP contribution in [-0.2, 0) is 23.1 Å². The third-order valence-electron chi connectivity index (χ3n) is 5.85. The lowest BCUT2D eigenvalue weighted by molar-refractivity contribution is -0.0686. The molecule has 1 aliphatic carbocycles. The Hall–Kier alpha value is -2.37. The van der Waals surface area contributed by atoms with Gasteiger partial charge in [0.1, 0.15) is 11.1 Å². The van der Waals surface area contributed by atoms with Crippen LogP contribution in [0.5, 0.6) is 0 Å². The van der Waals surface area contributed by atoms with Crippen LogP contribution >= 0.6 is 0 Å². The smallest absolute Gasteiger partial charge is 0.411 e. The standard InChI is InChI=1S/C22H29N3O3/c1-21(2,3)27-20(26)25-15-17-11-13-22(25,14-12-17)19-23-18(24-28-19)10-9-16-7-5-4-6-8-16/h4-8,17H,9-15H2,1-3H3. The fourth-order valence-corrected chi connectivity index (χ4v) is 4.38. The molecule has 2 bridgehead atoms. The van der Waals surface area contributed by atoms with Gasteiger partial charge in [0.15, 0.2) is 5.82 Å². The number of ether oxygens (including phenoxy) is 1. The van der Waals surface area contributed by atoms with Gasteiger partial charge >= 0.3 is 6.09 Å². The van der Waals surface area contributed by atoms with Gasteiger partial charge in [0, 0.05) is 13.0 Å². The van der Waals surface area contributed by atoms with Crippen molar-refractivity contribution in [1.29, 1.82) is 0 Å². The normalized spacial score (nSPS) is 24.4. The lowest BCUT2D eigenvalue weighted by Gasteiger charge is -2.52. The van der Waals surface area contributed by atoms with Gasteiger partial charge in [-0.15, -0.1) is 0 Å². The van der Waals surface area contributed by atoms with Gasteiger partial charge in [0.25, 0.3) is 5.89 Å². The van der Waals surface area contributed by atoms with Crippen molar-refractivity contribution < 1.29 is 14.1 Å². The van der Waals surface area contributed by atoms with Gasteiger partial charge < -0.3 is 9.26 Å². The quantitative estimate of drug-likeness (QED) is 0.778. The van der Waals surface area contributed by atoms with Gasteiger partial charge in [-0.3, -0.25) is 4.90 Å². The zero-order valence-corrected chi connectivity index (χ0v) is 17.0. The monoisotopic (exact) mass is 383 g/mol. The molecule has 1 amide bonds. The average molecular weight is 383 g/mol. The van der Waals surface area contributed by atoms with E-state index in [0.717, 1.165) is 38.5 Å². The number of amides is 1. The second kappa shape index (κ2) is 7.22. The van der Waals surface area contributed by atoms with Crippen LogP contribution < -0.4 is 0 Å². The molecule has 0 atom stereocenters. The van der Waals surface area contributed by atoms with Gasteiger partial charge in [0.05, 0.1) is 0 Å². The van der Waals surface area contributed by atoms with E-state index in [1.807, 2.05) is 43.9 Å². The van der Waals surface area contributed by atoms with Gasteiger partial charge in [0.2, 0.25) is 0 Å². The summed E-state index contributed by atoms with van der Waals surface area (Å²) in [5, 5.41) is 4.22. The number of hydrogen-bond acceptors (Lipinski definition) is 5. The summed E-state index contributed by atoms with van der Waals surface area (Å²) in [6.07, 6.45) is 5.20. The van der Waals surface area contributed by atoms with Crippen molar-refractivity contribution in [2.45, 2.75) is 70.4 Å². The molecule has 28 heavy (non-hydrogen) atoms. The first-order chi connectivity index (χ1) is 13.4. The van der Waals surface area contributed by atoms with E-state index in [1.54, 1.807) is 0 Å². The van der Waals surface area contributed by atoms with Gasteiger partial charge in [-0.05, 0) is 64.4 Å². The molecule has 0 radical (unpaired) electrons. The highest BCUT2D eigenvalue weighted by Gasteiger charge is 2.54. The van der Waals surface area contributed by atoms with Gasteiger partial charge in [-0.2, -0.15) is 4.98 Å². The van der Waals surface area contributed by atoms with Gasteiger partial charge in [-0.1, -0.05) is 35.5 Å². The Bertz CT molecular complexity index is 817. The molecule has 5 rings (SSSR count). The molecule has 1 aromatic heterocycles. The number of aromatic nitrogens is 2. The van der Waals surface area contributed by atoms with Crippen LogP contribution in [0, 0.1) is 5.92 Å². The molecular weight excluding hydrogens is 354 g/mol. The molecule has 1 saturated carbocycles. The average Bonchev–Trinajstić information content (AvgIpc) is 3.16. The molecule has 3 heterocycles. The van der Waals surface area contributed by atoms with Crippen LogP contribution in [0.2, 0.25) is 0 Å². The fraction of sp³-hybridized carbons (Fsp3) is 0.591.